The quantitative estimate of drug-likeness (QED) is 0.479. The zero-order valence-electron chi connectivity index (χ0n) is 14.2. The van der Waals surface area contributed by atoms with Crippen LogP contribution in [0.1, 0.15) is 44.6 Å². The fraction of sp³-hybridized carbons (Fsp3) is 0.421. The van der Waals surface area contributed by atoms with Crippen molar-refractivity contribution in [3.05, 3.63) is 61.2 Å². The fourth-order valence-corrected chi connectivity index (χ4v) is 5.29. The van der Waals surface area contributed by atoms with Crippen LogP contribution in [0.5, 0.6) is 0 Å². The van der Waals surface area contributed by atoms with Gasteiger partial charge in [0, 0.05) is 28.4 Å². The van der Waals surface area contributed by atoms with Crippen molar-refractivity contribution < 1.29 is 4.92 Å². The van der Waals surface area contributed by atoms with Crippen molar-refractivity contribution in [2.24, 2.45) is 10.4 Å². The van der Waals surface area contributed by atoms with Gasteiger partial charge in [0.25, 0.3) is 5.69 Å². The van der Waals surface area contributed by atoms with E-state index in [-0.39, 0.29) is 22.0 Å². The van der Waals surface area contributed by atoms with Crippen molar-refractivity contribution in [1.82, 2.24) is 0 Å². The molecule has 0 saturated carbocycles. The molecule has 0 aromatic heterocycles. The van der Waals surface area contributed by atoms with Crippen LogP contribution in [0.15, 0.2) is 45.4 Å². The molecule has 1 atom stereocenters. The summed E-state index contributed by atoms with van der Waals surface area (Å²) in [6.07, 6.45) is 5.35. The molecule has 1 aliphatic carbocycles. The number of rotatable bonds is 2. The summed E-state index contributed by atoms with van der Waals surface area (Å²) in [7, 11) is 0. The van der Waals surface area contributed by atoms with Gasteiger partial charge >= 0.3 is 0 Å². The predicted octanol–water partition coefficient (Wildman–Crippen LogP) is 5.88. The first kappa shape index (κ1) is 16.9. The Bertz CT molecular complexity index is 870. The Morgan fingerprint density at radius 2 is 2.16 bits per heavy atom. The fourth-order valence-electron chi connectivity index (χ4n) is 3.84. The number of benzene rings is 1. The zero-order chi connectivity index (χ0) is 17.8. The van der Waals surface area contributed by atoms with Crippen molar-refractivity contribution in [3.8, 4) is 0 Å². The molecule has 0 saturated heterocycles. The summed E-state index contributed by atoms with van der Waals surface area (Å²) < 4.78 is 0. The van der Waals surface area contributed by atoms with Crippen molar-refractivity contribution in [2.45, 2.75) is 39.0 Å². The van der Waals surface area contributed by atoms with Crippen LogP contribution in [0, 0.1) is 15.5 Å². The number of fused-ring (bicyclic) bond motifs is 1. The van der Waals surface area contributed by atoms with Crippen LogP contribution in [0.25, 0.3) is 0 Å². The minimum atomic E-state index is -0.403. The average Bonchev–Trinajstić information content (AvgIpc) is 3.00. The second-order valence-electron chi connectivity index (χ2n) is 7.46. The van der Waals surface area contributed by atoms with Crippen molar-refractivity contribution in [3.63, 3.8) is 0 Å². The molecule has 2 heterocycles. The van der Waals surface area contributed by atoms with Gasteiger partial charge in [0.05, 0.1) is 10.6 Å². The van der Waals surface area contributed by atoms with Crippen molar-refractivity contribution >= 4 is 34.8 Å². The van der Waals surface area contributed by atoms with E-state index in [1.165, 1.54) is 16.2 Å². The normalized spacial score (nSPS) is 24.4. The van der Waals surface area contributed by atoms with E-state index in [0.29, 0.717) is 0 Å². The van der Waals surface area contributed by atoms with Gasteiger partial charge in [0.2, 0.25) is 0 Å². The summed E-state index contributed by atoms with van der Waals surface area (Å²) in [6.45, 7) is 4.48. The van der Waals surface area contributed by atoms with Gasteiger partial charge in [-0.2, -0.15) is 0 Å². The average molecular weight is 375 g/mol. The molecule has 6 heteroatoms. The number of hydrogen-bond donors (Lipinski definition) is 0. The third kappa shape index (κ3) is 2.93. The Morgan fingerprint density at radius 1 is 1.36 bits per heavy atom. The third-order valence-corrected chi connectivity index (χ3v) is 6.62. The molecular formula is C19H19ClN2O2S. The Morgan fingerprint density at radius 3 is 2.92 bits per heavy atom. The number of hydrogen-bond acceptors (Lipinski definition) is 4. The van der Waals surface area contributed by atoms with Crippen molar-refractivity contribution in [1.29, 1.82) is 0 Å². The van der Waals surface area contributed by atoms with E-state index in [0.717, 1.165) is 36.3 Å². The summed E-state index contributed by atoms with van der Waals surface area (Å²) in [5, 5.41) is 11.5. The smallest absolute Gasteiger partial charge is 0.258 e. The minimum Gasteiger partial charge on any atom is -0.258 e. The number of thioether (sulfide) groups is 1. The molecule has 4 nitrogen and oxygen atoms in total. The summed E-state index contributed by atoms with van der Waals surface area (Å²) >= 11 is 7.86. The van der Waals surface area contributed by atoms with Crippen molar-refractivity contribution in [2.75, 3.05) is 5.75 Å². The molecular weight excluding hydrogens is 356 g/mol. The standard InChI is InChI=1S/C19H19ClN2O2S/c1-19(2)7-5-14-12(10-19)17(18-15(21-14)6-8-25-18)11-3-4-13(20)16(9-11)22(23)24/h3-4,9-10,17H,5-8H2,1-2H3. The maximum absolute atomic E-state index is 11.3. The Balaban J connectivity index is 1.89. The van der Waals surface area contributed by atoms with E-state index < -0.39 is 4.92 Å². The van der Waals surface area contributed by atoms with Gasteiger partial charge in [-0.3, -0.25) is 15.1 Å². The molecule has 0 radical (unpaired) electrons. The van der Waals surface area contributed by atoms with Crippen LogP contribution in [-0.2, 0) is 0 Å². The second-order valence-corrected chi connectivity index (χ2v) is 9.00. The topological polar surface area (TPSA) is 55.5 Å². The van der Waals surface area contributed by atoms with Gasteiger partial charge in [0.1, 0.15) is 5.02 Å². The van der Waals surface area contributed by atoms with E-state index in [1.807, 2.05) is 17.8 Å². The highest BCUT2D eigenvalue weighted by atomic mass is 35.5. The SMILES string of the molecule is CC1(C)C=C2C(=NC3=C(SCC3)C2c2ccc(Cl)c([N+](=O)[O-])c2)CC1. The lowest BCUT2D eigenvalue weighted by Gasteiger charge is -2.35. The first-order valence-corrected chi connectivity index (χ1v) is 9.82. The molecule has 0 bridgehead atoms. The first-order chi connectivity index (χ1) is 11.9. The van der Waals surface area contributed by atoms with E-state index in [2.05, 4.69) is 19.9 Å². The number of halogens is 1. The monoisotopic (exact) mass is 374 g/mol. The molecule has 0 N–H and O–H groups in total. The molecule has 1 aromatic rings. The zero-order valence-corrected chi connectivity index (χ0v) is 15.8. The van der Waals surface area contributed by atoms with Gasteiger partial charge in [-0.25, -0.2) is 0 Å². The molecule has 25 heavy (non-hydrogen) atoms. The van der Waals surface area contributed by atoms with Crippen LogP contribution in [0.3, 0.4) is 0 Å². The number of nitro benzene ring substituents is 1. The molecule has 2 aliphatic heterocycles. The minimum absolute atomic E-state index is 0.0240. The Labute approximate surface area is 156 Å². The molecule has 1 unspecified atom stereocenters. The maximum atomic E-state index is 11.3. The Hall–Kier alpha value is -1.59. The van der Waals surface area contributed by atoms with Crippen LogP contribution in [-0.4, -0.2) is 16.4 Å². The maximum Gasteiger partial charge on any atom is 0.288 e. The number of nitro groups is 1. The Kier molecular flexibility index (Phi) is 4.04. The first-order valence-electron chi connectivity index (χ1n) is 8.46. The van der Waals surface area contributed by atoms with E-state index >= 15 is 0 Å². The lowest BCUT2D eigenvalue weighted by atomic mass is 9.72. The van der Waals surface area contributed by atoms with Gasteiger partial charge < -0.3 is 0 Å². The summed E-state index contributed by atoms with van der Waals surface area (Å²) in [5.41, 5.74) is 4.58. The van der Waals surface area contributed by atoms with Crippen LogP contribution in [0.2, 0.25) is 5.02 Å². The molecule has 4 rings (SSSR count). The second kappa shape index (κ2) is 5.99. The summed E-state index contributed by atoms with van der Waals surface area (Å²) in [5.74, 6) is 1.08. The summed E-state index contributed by atoms with van der Waals surface area (Å²) in [6, 6.07) is 5.21. The number of aliphatic imine (C=N–C) groups is 1. The molecule has 0 spiro atoms. The largest absolute Gasteiger partial charge is 0.288 e. The molecule has 0 amide bonds. The summed E-state index contributed by atoms with van der Waals surface area (Å²) in [4.78, 5) is 17.1. The van der Waals surface area contributed by atoms with Gasteiger partial charge in [0.15, 0.2) is 0 Å². The lowest BCUT2D eigenvalue weighted by Crippen LogP contribution is -2.26. The third-order valence-electron chi connectivity index (χ3n) is 5.11. The highest BCUT2D eigenvalue weighted by molar-refractivity contribution is 8.03. The van der Waals surface area contributed by atoms with E-state index in [9.17, 15) is 10.1 Å². The molecule has 0 fully saturated rings. The van der Waals surface area contributed by atoms with Crippen LogP contribution < -0.4 is 0 Å². The lowest BCUT2D eigenvalue weighted by molar-refractivity contribution is -0.384. The highest BCUT2D eigenvalue weighted by Crippen LogP contribution is 2.52. The van der Waals surface area contributed by atoms with Crippen LogP contribution in [0.4, 0.5) is 5.69 Å². The molecule has 1 aromatic carbocycles. The van der Waals surface area contributed by atoms with Gasteiger partial charge in [-0.15, -0.1) is 11.8 Å². The number of allylic oxidation sites excluding steroid dienone is 4. The van der Waals surface area contributed by atoms with Gasteiger partial charge in [-0.05, 0) is 41.9 Å². The van der Waals surface area contributed by atoms with E-state index in [1.54, 1.807) is 12.1 Å². The number of nitrogens with zero attached hydrogens (tertiary/aromatic N) is 2. The predicted molar refractivity (Wildman–Crippen MR) is 103 cm³/mol. The molecule has 130 valence electrons. The van der Waals surface area contributed by atoms with Gasteiger partial charge in [-0.1, -0.05) is 37.6 Å². The van der Waals surface area contributed by atoms with Crippen LogP contribution >= 0.6 is 23.4 Å². The van der Waals surface area contributed by atoms with E-state index in [4.69, 9.17) is 16.6 Å². The molecule has 3 aliphatic rings. The highest BCUT2D eigenvalue weighted by Gasteiger charge is 2.38.